The van der Waals surface area contributed by atoms with Crippen molar-refractivity contribution in [2.75, 3.05) is 6.61 Å². The third kappa shape index (κ3) is 3.49. The van der Waals surface area contributed by atoms with E-state index >= 15 is 0 Å². The van der Waals surface area contributed by atoms with Crippen LogP contribution in [0.4, 0.5) is 0 Å². The molecule has 0 bridgehead atoms. The molecule has 4 aliphatic carbocycles. The van der Waals surface area contributed by atoms with Crippen molar-refractivity contribution in [2.45, 2.75) is 70.5 Å². The lowest BCUT2D eigenvalue weighted by Crippen LogP contribution is -2.62. The fourth-order valence-electron chi connectivity index (χ4n) is 7.99. The number of Topliss-reactive ketones (excluding diaryl/α,β-unsaturated/α-hetero) is 1. The summed E-state index contributed by atoms with van der Waals surface area (Å²) in [5.74, 6) is 0.631. The van der Waals surface area contributed by atoms with Gasteiger partial charge in [0, 0.05) is 17.9 Å². The first-order chi connectivity index (χ1) is 16.0. The molecule has 5 unspecified atom stereocenters. The van der Waals surface area contributed by atoms with E-state index in [2.05, 4.69) is 6.92 Å². The van der Waals surface area contributed by atoms with Crippen LogP contribution in [0.3, 0.4) is 0 Å². The van der Waals surface area contributed by atoms with E-state index < -0.39 is 17.1 Å². The molecule has 7 atom stereocenters. The van der Waals surface area contributed by atoms with Crippen molar-refractivity contribution in [3.8, 4) is 5.75 Å². The Hall–Kier alpha value is -1.40. The van der Waals surface area contributed by atoms with Gasteiger partial charge in [0.1, 0.15) is 18.0 Å². The molecule has 2 N–H and O–H groups in total. The Morgan fingerprint density at radius 3 is 2.65 bits per heavy atom. The summed E-state index contributed by atoms with van der Waals surface area (Å²) in [7, 11) is 0. The minimum absolute atomic E-state index is 0.0450. The minimum Gasteiger partial charge on any atom is -0.486 e. The summed E-state index contributed by atoms with van der Waals surface area (Å²) in [5.41, 5.74) is -1.31. The predicted octanol–water partition coefficient (Wildman–Crippen LogP) is 5.18. The normalized spacial score (nSPS) is 41.2. The van der Waals surface area contributed by atoms with Gasteiger partial charge in [-0.25, -0.2) is 0 Å². The van der Waals surface area contributed by atoms with Crippen molar-refractivity contribution < 1.29 is 24.5 Å². The van der Waals surface area contributed by atoms with Gasteiger partial charge in [-0.05, 0) is 79.9 Å². The summed E-state index contributed by atoms with van der Waals surface area (Å²) in [6.07, 6.45) is 5.66. The SMILES string of the molecule is CC12CCC(=O)C=C1CCC1C2[C@@H](O)CC2(C)C1CC[C@]2(O)C(=O)COc1ccc(Cl)c(Cl)c1. The van der Waals surface area contributed by atoms with Crippen molar-refractivity contribution in [1.82, 2.24) is 0 Å². The van der Waals surface area contributed by atoms with Crippen molar-refractivity contribution in [2.24, 2.45) is 28.6 Å². The smallest absolute Gasteiger partial charge is 0.202 e. The van der Waals surface area contributed by atoms with Crippen LogP contribution in [-0.4, -0.2) is 40.1 Å². The fraction of sp³-hybridized carbons (Fsp3) is 0.630. The van der Waals surface area contributed by atoms with Gasteiger partial charge in [-0.1, -0.05) is 42.6 Å². The lowest BCUT2D eigenvalue weighted by Gasteiger charge is -2.60. The highest BCUT2D eigenvalue weighted by Gasteiger charge is 2.68. The van der Waals surface area contributed by atoms with Crippen LogP contribution in [0.5, 0.6) is 5.75 Å². The Balaban J connectivity index is 1.38. The lowest BCUT2D eigenvalue weighted by atomic mass is 9.45. The first-order valence-corrected chi connectivity index (χ1v) is 13.0. The number of ketones is 2. The molecule has 34 heavy (non-hydrogen) atoms. The molecule has 184 valence electrons. The van der Waals surface area contributed by atoms with Crippen LogP contribution in [0.15, 0.2) is 29.8 Å². The molecule has 5 rings (SSSR count). The van der Waals surface area contributed by atoms with Crippen LogP contribution in [0, 0.1) is 28.6 Å². The van der Waals surface area contributed by atoms with Gasteiger partial charge >= 0.3 is 0 Å². The number of hydrogen-bond donors (Lipinski definition) is 2. The summed E-state index contributed by atoms with van der Waals surface area (Å²) in [4.78, 5) is 25.4. The van der Waals surface area contributed by atoms with E-state index in [4.69, 9.17) is 27.9 Å². The lowest BCUT2D eigenvalue weighted by molar-refractivity contribution is -0.181. The molecule has 0 spiro atoms. The Labute approximate surface area is 210 Å². The minimum atomic E-state index is -1.56. The van der Waals surface area contributed by atoms with Gasteiger partial charge < -0.3 is 14.9 Å². The van der Waals surface area contributed by atoms with E-state index in [0.717, 1.165) is 25.7 Å². The zero-order valence-electron chi connectivity index (χ0n) is 19.7. The van der Waals surface area contributed by atoms with E-state index in [9.17, 15) is 19.8 Å². The molecule has 0 saturated heterocycles. The van der Waals surface area contributed by atoms with Crippen molar-refractivity contribution in [3.63, 3.8) is 0 Å². The topological polar surface area (TPSA) is 83.8 Å². The van der Waals surface area contributed by atoms with E-state index in [1.54, 1.807) is 18.2 Å². The average molecular weight is 507 g/mol. The number of aliphatic hydroxyl groups is 2. The highest BCUT2D eigenvalue weighted by molar-refractivity contribution is 6.42. The van der Waals surface area contributed by atoms with Gasteiger partial charge in [0.05, 0.1) is 16.1 Å². The molecule has 1 aromatic rings. The van der Waals surface area contributed by atoms with Gasteiger partial charge in [0.2, 0.25) is 5.78 Å². The molecule has 0 aromatic heterocycles. The summed E-state index contributed by atoms with van der Waals surface area (Å²) in [5, 5.41) is 24.0. The van der Waals surface area contributed by atoms with Gasteiger partial charge in [0.25, 0.3) is 0 Å². The Bertz CT molecular complexity index is 1070. The number of allylic oxidation sites excluding steroid dienone is 1. The maximum absolute atomic E-state index is 13.4. The Morgan fingerprint density at radius 2 is 1.91 bits per heavy atom. The molecule has 5 nitrogen and oxygen atoms in total. The molecule has 3 saturated carbocycles. The third-order valence-corrected chi connectivity index (χ3v) is 10.5. The number of rotatable bonds is 4. The molecule has 1 aromatic carbocycles. The summed E-state index contributed by atoms with van der Waals surface area (Å²) >= 11 is 12.0. The molecule has 3 fully saturated rings. The largest absolute Gasteiger partial charge is 0.486 e. The monoisotopic (exact) mass is 506 g/mol. The average Bonchev–Trinajstić information content (AvgIpc) is 3.06. The molecule has 7 heteroatoms. The molecule has 0 radical (unpaired) electrons. The van der Waals surface area contributed by atoms with Gasteiger partial charge in [-0.3, -0.25) is 9.59 Å². The predicted molar refractivity (Wildman–Crippen MR) is 130 cm³/mol. The van der Waals surface area contributed by atoms with Crippen LogP contribution >= 0.6 is 23.2 Å². The number of aliphatic hydroxyl groups excluding tert-OH is 1. The van der Waals surface area contributed by atoms with Crippen molar-refractivity contribution in [3.05, 3.63) is 39.9 Å². The van der Waals surface area contributed by atoms with Crippen LogP contribution in [0.2, 0.25) is 10.0 Å². The van der Waals surface area contributed by atoms with E-state index in [1.165, 1.54) is 5.57 Å². The Morgan fingerprint density at radius 1 is 1.15 bits per heavy atom. The van der Waals surface area contributed by atoms with Gasteiger partial charge in [-0.2, -0.15) is 0 Å². The quantitative estimate of drug-likeness (QED) is 0.587. The number of fused-ring (bicyclic) bond motifs is 5. The van der Waals surface area contributed by atoms with Crippen LogP contribution in [-0.2, 0) is 9.59 Å². The summed E-state index contributed by atoms with van der Waals surface area (Å²) < 4.78 is 5.68. The van der Waals surface area contributed by atoms with E-state index in [1.807, 2.05) is 13.0 Å². The third-order valence-electron chi connectivity index (χ3n) is 9.77. The second kappa shape index (κ2) is 8.33. The Kier molecular flexibility index (Phi) is 5.95. The fourth-order valence-corrected chi connectivity index (χ4v) is 8.27. The van der Waals surface area contributed by atoms with Crippen LogP contribution < -0.4 is 4.74 Å². The number of benzene rings is 1. The number of carbonyl (C=O) groups is 2. The molecular weight excluding hydrogens is 475 g/mol. The highest BCUT2D eigenvalue weighted by Crippen LogP contribution is 2.67. The van der Waals surface area contributed by atoms with Gasteiger partial charge in [0.15, 0.2) is 5.78 Å². The molecule has 0 aliphatic heterocycles. The molecule has 4 aliphatic rings. The standard InChI is InChI=1S/C27H32Cl2O5/c1-25-9-7-16(30)11-15(25)3-5-18-19-8-10-27(33,26(19,2)13-22(31)24(18)25)23(32)14-34-17-4-6-20(28)21(29)12-17/h4,6,11-12,18-19,22,24,31,33H,3,5,7-10,13-14H2,1-2H3/t18?,19?,22-,24?,25?,26?,27-/m0/s1. The molecule has 0 heterocycles. The zero-order valence-corrected chi connectivity index (χ0v) is 21.2. The second-order valence-corrected chi connectivity index (χ2v) is 12.1. The maximum Gasteiger partial charge on any atom is 0.202 e. The summed E-state index contributed by atoms with van der Waals surface area (Å²) in [6.45, 7) is 3.90. The first-order valence-electron chi connectivity index (χ1n) is 12.2. The number of halogens is 2. The van der Waals surface area contributed by atoms with Crippen LogP contribution in [0.25, 0.3) is 0 Å². The molecule has 0 amide bonds. The number of ether oxygens (including phenoxy) is 1. The second-order valence-electron chi connectivity index (χ2n) is 11.3. The van der Waals surface area contributed by atoms with Crippen molar-refractivity contribution >= 4 is 34.8 Å². The highest BCUT2D eigenvalue weighted by atomic mass is 35.5. The van der Waals surface area contributed by atoms with Crippen molar-refractivity contribution in [1.29, 1.82) is 0 Å². The first kappa shape index (κ1) is 24.3. The number of hydrogen-bond acceptors (Lipinski definition) is 5. The maximum atomic E-state index is 13.4. The summed E-state index contributed by atoms with van der Waals surface area (Å²) in [6, 6.07) is 4.80. The zero-order chi connectivity index (χ0) is 24.5. The van der Waals surface area contributed by atoms with Gasteiger partial charge in [-0.15, -0.1) is 0 Å². The number of carbonyl (C=O) groups excluding carboxylic acids is 2. The molecular formula is C27H32Cl2O5. The van der Waals surface area contributed by atoms with E-state index in [0.29, 0.717) is 35.1 Å². The van der Waals surface area contributed by atoms with Crippen LogP contribution in [0.1, 0.15) is 58.8 Å². The van der Waals surface area contributed by atoms with E-state index in [-0.39, 0.29) is 41.3 Å².